The van der Waals surface area contributed by atoms with Gasteiger partial charge in [0.2, 0.25) is 0 Å². The Hall–Kier alpha value is -1.32. The molecule has 2 aromatic heterocycles. The lowest BCUT2D eigenvalue weighted by molar-refractivity contribution is 0.188. The Morgan fingerprint density at radius 3 is 2.92 bits per heavy atom. The smallest absolute Gasteiger partial charge is 0.0932 e. The summed E-state index contributed by atoms with van der Waals surface area (Å²) < 4.78 is 1.97. The van der Waals surface area contributed by atoms with Crippen molar-refractivity contribution in [3.05, 3.63) is 42.2 Å². The second kappa shape index (κ2) is 3.20. The zero-order valence-corrected chi connectivity index (χ0v) is 7.22. The van der Waals surface area contributed by atoms with E-state index in [1.807, 2.05) is 41.1 Å². The number of nitrogens with zero attached hydrogens (tertiary/aromatic N) is 1. The molecular formula is C10H12N2O. The topological polar surface area (TPSA) is 50.7 Å². The van der Waals surface area contributed by atoms with Gasteiger partial charge in [-0.3, -0.25) is 0 Å². The molecule has 1 unspecified atom stereocenters. The fourth-order valence-electron chi connectivity index (χ4n) is 1.49. The third-order valence-corrected chi connectivity index (χ3v) is 2.18. The average molecular weight is 176 g/mol. The lowest BCUT2D eigenvalue weighted by Gasteiger charge is -2.05. The monoisotopic (exact) mass is 176 g/mol. The average Bonchev–Trinajstić information content (AvgIpc) is 2.60. The Kier molecular flexibility index (Phi) is 2.04. The largest absolute Gasteiger partial charge is 0.387 e. The molecule has 0 saturated heterocycles. The molecule has 2 aromatic rings. The standard InChI is InChI=1S/C10H12N2O/c11-7-10(13)8-4-6-12-5-2-1-3-9(8)12/h1-6,10,13H,7,11H2. The molecular weight excluding hydrogens is 164 g/mol. The fourth-order valence-corrected chi connectivity index (χ4v) is 1.49. The van der Waals surface area contributed by atoms with Crippen LogP contribution in [-0.2, 0) is 0 Å². The normalized spacial score (nSPS) is 13.4. The quantitative estimate of drug-likeness (QED) is 0.715. The lowest BCUT2D eigenvalue weighted by atomic mass is 10.1. The zero-order chi connectivity index (χ0) is 9.26. The van der Waals surface area contributed by atoms with Crippen molar-refractivity contribution in [2.75, 3.05) is 6.54 Å². The highest BCUT2D eigenvalue weighted by Crippen LogP contribution is 2.19. The van der Waals surface area contributed by atoms with Crippen LogP contribution in [0.2, 0.25) is 0 Å². The highest BCUT2D eigenvalue weighted by Gasteiger charge is 2.09. The molecule has 0 aliphatic heterocycles. The van der Waals surface area contributed by atoms with Crippen LogP contribution in [-0.4, -0.2) is 16.1 Å². The highest BCUT2D eigenvalue weighted by molar-refractivity contribution is 5.56. The molecule has 0 saturated carbocycles. The zero-order valence-electron chi connectivity index (χ0n) is 7.22. The minimum absolute atomic E-state index is 0.258. The van der Waals surface area contributed by atoms with Gasteiger partial charge in [-0.25, -0.2) is 0 Å². The summed E-state index contributed by atoms with van der Waals surface area (Å²) >= 11 is 0. The van der Waals surface area contributed by atoms with Crippen LogP contribution < -0.4 is 5.73 Å². The van der Waals surface area contributed by atoms with E-state index < -0.39 is 6.10 Å². The molecule has 3 N–H and O–H groups in total. The summed E-state index contributed by atoms with van der Waals surface area (Å²) in [4.78, 5) is 0. The van der Waals surface area contributed by atoms with E-state index in [-0.39, 0.29) is 6.54 Å². The molecule has 0 spiro atoms. The van der Waals surface area contributed by atoms with Gasteiger partial charge in [0.1, 0.15) is 0 Å². The molecule has 0 aliphatic carbocycles. The van der Waals surface area contributed by atoms with Crippen molar-refractivity contribution >= 4 is 5.52 Å². The van der Waals surface area contributed by atoms with Gasteiger partial charge < -0.3 is 15.2 Å². The van der Waals surface area contributed by atoms with Gasteiger partial charge in [-0.05, 0) is 18.2 Å². The van der Waals surface area contributed by atoms with Gasteiger partial charge in [0.25, 0.3) is 0 Å². The fraction of sp³-hybridized carbons (Fsp3) is 0.200. The molecule has 0 radical (unpaired) electrons. The number of hydrogen-bond acceptors (Lipinski definition) is 2. The molecule has 3 nitrogen and oxygen atoms in total. The molecule has 13 heavy (non-hydrogen) atoms. The number of pyridine rings is 1. The predicted octanol–water partition coefficient (Wildman–Crippen LogP) is 0.931. The van der Waals surface area contributed by atoms with Crippen LogP contribution in [0.4, 0.5) is 0 Å². The maximum Gasteiger partial charge on any atom is 0.0932 e. The van der Waals surface area contributed by atoms with E-state index >= 15 is 0 Å². The third kappa shape index (κ3) is 1.32. The third-order valence-electron chi connectivity index (χ3n) is 2.18. The van der Waals surface area contributed by atoms with E-state index in [9.17, 15) is 5.11 Å². The molecule has 0 aliphatic rings. The van der Waals surface area contributed by atoms with E-state index in [1.165, 1.54) is 0 Å². The Balaban J connectivity index is 2.57. The molecule has 2 heterocycles. The molecule has 3 heteroatoms. The van der Waals surface area contributed by atoms with Crippen molar-refractivity contribution in [3.8, 4) is 0 Å². The molecule has 0 fully saturated rings. The minimum atomic E-state index is -0.563. The maximum absolute atomic E-state index is 9.58. The van der Waals surface area contributed by atoms with Crippen LogP contribution in [0.1, 0.15) is 11.7 Å². The van der Waals surface area contributed by atoms with E-state index in [1.54, 1.807) is 0 Å². The number of nitrogens with two attached hydrogens (primary N) is 1. The second-order valence-electron chi connectivity index (χ2n) is 3.02. The summed E-state index contributed by atoms with van der Waals surface area (Å²) in [6.07, 6.45) is 3.30. The van der Waals surface area contributed by atoms with Gasteiger partial charge in [-0.15, -0.1) is 0 Å². The number of hydrogen-bond donors (Lipinski definition) is 2. The lowest BCUT2D eigenvalue weighted by Crippen LogP contribution is -2.11. The first-order valence-corrected chi connectivity index (χ1v) is 4.26. The Bertz CT molecular complexity index is 408. The van der Waals surface area contributed by atoms with Gasteiger partial charge in [0.15, 0.2) is 0 Å². The van der Waals surface area contributed by atoms with Crippen molar-refractivity contribution in [2.45, 2.75) is 6.10 Å². The van der Waals surface area contributed by atoms with Crippen LogP contribution in [0, 0.1) is 0 Å². The first-order chi connectivity index (χ1) is 6.33. The van der Waals surface area contributed by atoms with Crippen LogP contribution in [0.5, 0.6) is 0 Å². The number of fused-ring (bicyclic) bond motifs is 1. The van der Waals surface area contributed by atoms with Crippen LogP contribution in [0.3, 0.4) is 0 Å². The van der Waals surface area contributed by atoms with Gasteiger partial charge in [-0.2, -0.15) is 0 Å². The summed E-state index contributed by atoms with van der Waals surface area (Å²) in [5, 5.41) is 9.58. The first kappa shape index (κ1) is 8.29. The summed E-state index contributed by atoms with van der Waals surface area (Å²) in [5.41, 5.74) is 7.30. The molecule has 0 amide bonds. The number of aromatic nitrogens is 1. The van der Waals surface area contributed by atoms with E-state index in [0.717, 1.165) is 11.1 Å². The molecule has 0 aromatic carbocycles. The number of aliphatic hydroxyl groups is 1. The van der Waals surface area contributed by atoms with Crippen LogP contribution >= 0.6 is 0 Å². The van der Waals surface area contributed by atoms with Gasteiger partial charge in [0.05, 0.1) is 11.6 Å². The second-order valence-corrected chi connectivity index (χ2v) is 3.02. The summed E-state index contributed by atoms with van der Waals surface area (Å²) in [5.74, 6) is 0. The van der Waals surface area contributed by atoms with E-state index in [4.69, 9.17) is 5.73 Å². The maximum atomic E-state index is 9.58. The van der Waals surface area contributed by atoms with E-state index in [2.05, 4.69) is 0 Å². The predicted molar refractivity (Wildman–Crippen MR) is 51.4 cm³/mol. The van der Waals surface area contributed by atoms with Gasteiger partial charge >= 0.3 is 0 Å². The first-order valence-electron chi connectivity index (χ1n) is 4.26. The summed E-state index contributed by atoms with van der Waals surface area (Å²) in [6.45, 7) is 0.258. The summed E-state index contributed by atoms with van der Waals surface area (Å²) in [6, 6.07) is 7.76. The van der Waals surface area contributed by atoms with Crippen molar-refractivity contribution in [2.24, 2.45) is 5.73 Å². The molecule has 1 atom stereocenters. The van der Waals surface area contributed by atoms with Gasteiger partial charge in [0, 0.05) is 24.5 Å². The van der Waals surface area contributed by atoms with Crippen molar-refractivity contribution < 1.29 is 5.11 Å². The minimum Gasteiger partial charge on any atom is -0.387 e. The van der Waals surface area contributed by atoms with Crippen molar-refractivity contribution in [1.82, 2.24) is 4.40 Å². The number of aliphatic hydroxyl groups excluding tert-OH is 1. The molecule has 68 valence electrons. The Morgan fingerprint density at radius 1 is 1.31 bits per heavy atom. The summed E-state index contributed by atoms with van der Waals surface area (Å²) in [7, 11) is 0. The molecule has 2 rings (SSSR count). The van der Waals surface area contributed by atoms with Crippen molar-refractivity contribution in [1.29, 1.82) is 0 Å². The Morgan fingerprint density at radius 2 is 2.15 bits per heavy atom. The molecule has 0 bridgehead atoms. The highest BCUT2D eigenvalue weighted by atomic mass is 16.3. The number of rotatable bonds is 2. The van der Waals surface area contributed by atoms with Gasteiger partial charge in [-0.1, -0.05) is 6.07 Å². The van der Waals surface area contributed by atoms with Crippen molar-refractivity contribution in [3.63, 3.8) is 0 Å². The van der Waals surface area contributed by atoms with Crippen LogP contribution in [0.25, 0.3) is 5.52 Å². The van der Waals surface area contributed by atoms with Crippen LogP contribution in [0.15, 0.2) is 36.7 Å². The Labute approximate surface area is 76.4 Å². The van der Waals surface area contributed by atoms with E-state index in [0.29, 0.717) is 0 Å². The SMILES string of the molecule is NCC(O)c1ccn2ccccc12.